The third-order valence-corrected chi connectivity index (χ3v) is 4.80. The van der Waals surface area contributed by atoms with Crippen LogP contribution in [-0.2, 0) is 4.79 Å². The summed E-state index contributed by atoms with van der Waals surface area (Å²) in [7, 11) is 0. The van der Waals surface area contributed by atoms with Gasteiger partial charge in [-0.25, -0.2) is 4.79 Å². The van der Waals surface area contributed by atoms with Crippen molar-refractivity contribution >= 4 is 12.0 Å². The van der Waals surface area contributed by atoms with Crippen LogP contribution >= 0.6 is 0 Å². The van der Waals surface area contributed by atoms with Gasteiger partial charge in [0.25, 0.3) is 0 Å². The van der Waals surface area contributed by atoms with E-state index in [-0.39, 0.29) is 18.0 Å². The SMILES string of the molecule is CC1(NC(=O)NC2(CC(=O)O)CCCC2)CCCCC1. The molecule has 114 valence electrons. The molecule has 2 saturated carbocycles. The largest absolute Gasteiger partial charge is 0.481 e. The molecule has 0 bridgehead atoms. The average molecular weight is 282 g/mol. The number of amides is 2. The molecule has 2 aliphatic carbocycles. The van der Waals surface area contributed by atoms with Crippen LogP contribution in [0.15, 0.2) is 0 Å². The summed E-state index contributed by atoms with van der Waals surface area (Å²) < 4.78 is 0. The third-order valence-electron chi connectivity index (χ3n) is 4.80. The molecule has 0 radical (unpaired) electrons. The van der Waals surface area contributed by atoms with E-state index in [0.717, 1.165) is 51.4 Å². The summed E-state index contributed by atoms with van der Waals surface area (Å²) in [5.74, 6) is -0.837. The summed E-state index contributed by atoms with van der Waals surface area (Å²) in [5, 5.41) is 15.1. The van der Waals surface area contributed by atoms with Gasteiger partial charge in [0.15, 0.2) is 0 Å². The second kappa shape index (κ2) is 6.02. The maximum Gasteiger partial charge on any atom is 0.315 e. The fourth-order valence-corrected chi connectivity index (χ4v) is 3.69. The molecular weight excluding hydrogens is 256 g/mol. The maximum atomic E-state index is 12.2. The van der Waals surface area contributed by atoms with E-state index in [0.29, 0.717) is 0 Å². The van der Waals surface area contributed by atoms with Crippen molar-refractivity contribution in [1.82, 2.24) is 10.6 Å². The fourth-order valence-electron chi connectivity index (χ4n) is 3.69. The number of aliphatic carboxylic acids is 1. The Labute approximate surface area is 120 Å². The first-order valence-corrected chi connectivity index (χ1v) is 7.75. The molecule has 0 aromatic carbocycles. The zero-order chi connectivity index (χ0) is 14.6. The van der Waals surface area contributed by atoms with Crippen LogP contribution < -0.4 is 10.6 Å². The molecule has 0 saturated heterocycles. The zero-order valence-electron chi connectivity index (χ0n) is 12.3. The maximum absolute atomic E-state index is 12.2. The number of carbonyl (C=O) groups excluding carboxylic acids is 1. The van der Waals surface area contributed by atoms with Gasteiger partial charge in [0.2, 0.25) is 0 Å². The summed E-state index contributed by atoms with van der Waals surface area (Å²) in [6.07, 6.45) is 9.09. The Bertz CT molecular complexity index is 369. The summed E-state index contributed by atoms with van der Waals surface area (Å²) in [6.45, 7) is 2.09. The first kappa shape index (κ1) is 15.1. The van der Waals surface area contributed by atoms with Crippen LogP contribution in [0, 0.1) is 0 Å². The van der Waals surface area contributed by atoms with E-state index in [4.69, 9.17) is 5.11 Å². The summed E-state index contributed by atoms with van der Waals surface area (Å²) >= 11 is 0. The average Bonchev–Trinajstić information content (AvgIpc) is 2.76. The Morgan fingerprint density at radius 2 is 1.50 bits per heavy atom. The van der Waals surface area contributed by atoms with Crippen LogP contribution in [0.2, 0.25) is 0 Å². The molecule has 2 fully saturated rings. The van der Waals surface area contributed by atoms with Gasteiger partial charge in [-0.05, 0) is 32.6 Å². The van der Waals surface area contributed by atoms with Crippen LogP contribution in [0.3, 0.4) is 0 Å². The molecule has 0 aromatic heterocycles. The van der Waals surface area contributed by atoms with Crippen molar-refractivity contribution in [2.75, 3.05) is 0 Å². The smallest absolute Gasteiger partial charge is 0.315 e. The van der Waals surface area contributed by atoms with E-state index in [2.05, 4.69) is 17.6 Å². The van der Waals surface area contributed by atoms with Gasteiger partial charge in [-0.1, -0.05) is 32.1 Å². The lowest BCUT2D eigenvalue weighted by molar-refractivity contribution is -0.138. The van der Waals surface area contributed by atoms with Gasteiger partial charge in [-0.3, -0.25) is 4.79 Å². The predicted molar refractivity (Wildman–Crippen MR) is 76.6 cm³/mol. The lowest BCUT2D eigenvalue weighted by atomic mass is 9.83. The Morgan fingerprint density at radius 3 is 2.05 bits per heavy atom. The highest BCUT2D eigenvalue weighted by atomic mass is 16.4. The van der Waals surface area contributed by atoms with Crippen molar-refractivity contribution in [3.63, 3.8) is 0 Å². The minimum atomic E-state index is -0.837. The molecule has 2 rings (SSSR count). The molecule has 0 atom stereocenters. The van der Waals surface area contributed by atoms with E-state index in [1.807, 2.05) is 0 Å². The highest BCUT2D eigenvalue weighted by molar-refractivity contribution is 5.77. The van der Waals surface area contributed by atoms with Gasteiger partial charge >= 0.3 is 12.0 Å². The lowest BCUT2D eigenvalue weighted by Crippen LogP contribution is -2.57. The molecule has 0 aromatic rings. The Hall–Kier alpha value is -1.26. The van der Waals surface area contributed by atoms with Crippen molar-refractivity contribution in [2.24, 2.45) is 0 Å². The molecule has 3 N–H and O–H groups in total. The molecule has 0 spiro atoms. The van der Waals surface area contributed by atoms with Crippen LogP contribution in [0.1, 0.15) is 71.1 Å². The molecule has 2 amide bonds. The van der Waals surface area contributed by atoms with Gasteiger partial charge < -0.3 is 15.7 Å². The van der Waals surface area contributed by atoms with Gasteiger partial charge in [0.1, 0.15) is 0 Å². The number of carboxylic acids is 1. The monoisotopic (exact) mass is 282 g/mol. The highest BCUT2D eigenvalue weighted by Crippen LogP contribution is 2.33. The molecule has 0 aliphatic heterocycles. The van der Waals surface area contributed by atoms with Crippen LogP contribution in [0.5, 0.6) is 0 Å². The van der Waals surface area contributed by atoms with Gasteiger partial charge in [0.05, 0.1) is 12.0 Å². The topological polar surface area (TPSA) is 78.4 Å². The zero-order valence-corrected chi connectivity index (χ0v) is 12.3. The van der Waals surface area contributed by atoms with E-state index in [1.54, 1.807) is 0 Å². The quantitative estimate of drug-likeness (QED) is 0.742. The van der Waals surface area contributed by atoms with Crippen molar-refractivity contribution < 1.29 is 14.7 Å². The summed E-state index contributed by atoms with van der Waals surface area (Å²) in [5.41, 5.74) is -0.674. The number of urea groups is 1. The molecule has 0 unspecified atom stereocenters. The minimum Gasteiger partial charge on any atom is -0.481 e. The fraction of sp³-hybridized carbons (Fsp3) is 0.867. The Morgan fingerprint density at radius 1 is 0.950 bits per heavy atom. The normalized spacial score (nSPS) is 24.1. The predicted octanol–water partition coefficient (Wildman–Crippen LogP) is 2.80. The number of hydrogen-bond donors (Lipinski definition) is 3. The van der Waals surface area contributed by atoms with E-state index in [9.17, 15) is 9.59 Å². The number of carbonyl (C=O) groups is 2. The van der Waals surface area contributed by atoms with Crippen molar-refractivity contribution in [2.45, 2.75) is 82.2 Å². The Balaban J connectivity index is 1.93. The van der Waals surface area contributed by atoms with Gasteiger partial charge in [-0.2, -0.15) is 0 Å². The first-order valence-electron chi connectivity index (χ1n) is 7.75. The number of rotatable bonds is 4. The molecule has 0 heterocycles. The third kappa shape index (κ3) is 3.87. The van der Waals surface area contributed by atoms with Gasteiger partial charge in [-0.15, -0.1) is 0 Å². The minimum absolute atomic E-state index is 0.0249. The van der Waals surface area contributed by atoms with E-state index >= 15 is 0 Å². The molecular formula is C15H26N2O3. The number of hydrogen-bond acceptors (Lipinski definition) is 2. The van der Waals surface area contributed by atoms with Crippen molar-refractivity contribution in [1.29, 1.82) is 0 Å². The number of nitrogens with one attached hydrogen (secondary N) is 2. The second-order valence-corrected chi connectivity index (χ2v) is 6.76. The summed E-state index contributed by atoms with van der Waals surface area (Å²) in [6, 6.07) is -0.197. The van der Waals surface area contributed by atoms with Crippen LogP contribution in [0.4, 0.5) is 4.79 Å². The van der Waals surface area contributed by atoms with E-state index < -0.39 is 11.5 Å². The van der Waals surface area contributed by atoms with E-state index in [1.165, 1.54) is 6.42 Å². The highest BCUT2D eigenvalue weighted by Gasteiger charge is 2.38. The van der Waals surface area contributed by atoms with Crippen molar-refractivity contribution in [3.05, 3.63) is 0 Å². The molecule has 2 aliphatic rings. The lowest BCUT2D eigenvalue weighted by Gasteiger charge is -2.37. The second-order valence-electron chi connectivity index (χ2n) is 6.76. The van der Waals surface area contributed by atoms with Gasteiger partial charge in [0, 0.05) is 5.54 Å². The molecule has 5 heteroatoms. The Kier molecular flexibility index (Phi) is 4.55. The number of carboxylic acid groups (broad SMARTS) is 1. The standard InChI is InChI=1S/C15H26N2O3/c1-14(7-3-2-4-8-14)16-13(20)17-15(11-12(18)19)9-5-6-10-15/h2-11H2,1H3,(H,18,19)(H2,16,17,20). The first-order chi connectivity index (χ1) is 9.43. The summed E-state index contributed by atoms with van der Waals surface area (Å²) in [4.78, 5) is 23.3. The van der Waals surface area contributed by atoms with Crippen molar-refractivity contribution in [3.8, 4) is 0 Å². The van der Waals surface area contributed by atoms with Crippen LogP contribution in [0.25, 0.3) is 0 Å². The molecule has 5 nitrogen and oxygen atoms in total. The molecule has 20 heavy (non-hydrogen) atoms. The van der Waals surface area contributed by atoms with Crippen LogP contribution in [-0.4, -0.2) is 28.2 Å².